The van der Waals surface area contributed by atoms with Gasteiger partial charge in [0.25, 0.3) is 0 Å². The number of hydrogen-bond acceptors (Lipinski definition) is 3. The van der Waals surface area contributed by atoms with Gasteiger partial charge in [0.05, 0.1) is 6.10 Å². The highest BCUT2D eigenvalue weighted by atomic mass is 19.1. The Labute approximate surface area is 99.8 Å². The number of rotatable bonds is 0. The normalized spacial score (nSPS) is 32.5. The molecule has 2 atom stereocenters. The second-order valence-electron chi connectivity index (χ2n) is 5.17. The van der Waals surface area contributed by atoms with Crippen LogP contribution < -0.4 is 4.74 Å². The van der Waals surface area contributed by atoms with E-state index in [1.807, 2.05) is 7.05 Å². The summed E-state index contributed by atoms with van der Waals surface area (Å²) in [4.78, 5) is 2.18. The summed E-state index contributed by atoms with van der Waals surface area (Å²) in [6.45, 7) is 1.75. The predicted molar refractivity (Wildman–Crippen MR) is 61.4 cm³/mol. The van der Waals surface area contributed by atoms with E-state index in [-0.39, 0.29) is 11.4 Å². The van der Waals surface area contributed by atoms with Crippen LogP contribution in [-0.2, 0) is 0 Å². The summed E-state index contributed by atoms with van der Waals surface area (Å²) in [6, 6.07) is 4.35. The lowest BCUT2D eigenvalue weighted by molar-refractivity contribution is -0.00606. The molecule has 0 radical (unpaired) electrons. The van der Waals surface area contributed by atoms with Crippen molar-refractivity contribution in [3.05, 3.63) is 29.6 Å². The first-order valence-corrected chi connectivity index (χ1v) is 5.93. The molecule has 2 aliphatic heterocycles. The van der Waals surface area contributed by atoms with E-state index in [1.165, 1.54) is 12.1 Å². The summed E-state index contributed by atoms with van der Waals surface area (Å²) in [6.07, 6.45) is 0.929. The van der Waals surface area contributed by atoms with Gasteiger partial charge in [0.15, 0.2) is 0 Å². The van der Waals surface area contributed by atoms with E-state index in [1.54, 1.807) is 6.07 Å². The molecule has 1 aromatic carbocycles. The molecule has 1 N–H and O–H groups in total. The number of aliphatic hydroxyl groups excluding tert-OH is 1. The van der Waals surface area contributed by atoms with Gasteiger partial charge in [-0.3, -0.25) is 0 Å². The summed E-state index contributed by atoms with van der Waals surface area (Å²) < 4.78 is 19.2. The van der Waals surface area contributed by atoms with E-state index >= 15 is 0 Å². The standard InChI is InChI=1S/C13H16FNO2/c1-15-5-4-13(8-15)7-11(16)10-3-2-9(14)6-12(10)17-13/h2-3,6,11,16H,4-5,7-8H2,1H3. The van der Waals surface area contributed by atoms with E-state index in [0.29, 0.717) is 17.7 Å². The maximum Gasteiger partial charge on any atom is 0.128 e. The third-order valence-corrected chi connectivity index (χ3v) is 3.73. The van der Waals surface area contributed by atoms with Crippen LogP contribution in [0.5, 0.6) is 5.75 Å². The van der Waals surface area contributed by atoms with Crippen LogP contribution in [0.1, 0.15) is 24.5 Å². The van der Waals surface area contributed by atoms with Gasteiger partial charge in [-0.2, -0.15) is 0 Å². The molecule has 2 aliphatic rings. The average molecular weight is 237 g/mol. The molecular weight excluding hydrogens is 221 g/mol. The molecule has 1 fully saturated rings. The number of nitrogens with zero attached hydrogens (tertiary/aromatic N) is 1. The third-order valence-electron chi connectivity index (χ3n) is 3.73. The Morgan fingerprint density at radius 2 is 2.35 bits per heavy atom. The molecule has 0 bridgehead atoms. The number of hydrogen-bond donors (Lipinski definition) is 1. The Kier molecular flexibility index (Phi) is 2.38. The Morgan fingerprint density at radius 1 is 1.53 bits per heavy atom. The summed E-state index contributed by atoms with van der Waals surface area (Å²) in [5.74, 6) is 0.179. The van der Waals surface area contributed by atoms with Crippen LogP contribution in [-0.4, -0.2) is 35.7 Å². The SMILES string of the molecule is CN1CCC2(CC(O)c3ccc(F)cc3O2)C1. The highest BCUT2D eigenvalue weighted by Gasteiger charge is 2.44. The maximum absolute atomic E-state index is 13.2. The quantitative estimate of drug-likeness (QED) is 0.745. The summed E-state index contributed by atoms with van der Waals surface area (Å²) in [5.41, 5.74) is 0.362. The molecule has 3 nitrogen and oxygen atoms in total. The van der Waals surface area contributed by atoms with Crippen LogP contribution in [0.25, 0.3) is 0 Å². The number of aliphatic hydroxyl groups is 1. The summed E-state index contributed by atoms with van der Waals surface area (Å²) in [7, 11) is 2.03. The van der Waals surface area contributed by atoms with Crippen LogP contribution in [0.4, 0.5) is 4.39 Å². The molecule has 92 valence electrons. The predicted octanol–water partition coefficient (Wildman–Crippen LogP) is 1.72. The first-order valence-electron chi connectivity index (χ1n) is 5.93. The van der Waals surface area contributed by atoms with E-state index < -0.39 is 6.10 Å². The topological polar surface area (TPSA) is 32.7 Å². The molecule has 1 aromatic rings. The van der Waals surface area contributed by atoms with Crippen molar-refractivity contribution in [2.75, 3.05) is 20.1 Å². The summed E-state index contributed by atoms with van der Waals surface area (Å²) >= 11 is 0. The molecule has 0 aliphatic carbocycles. The maximum atomic E-state index is 13.2. The minimum Gasteiger partial charge on any atom is -0.485 e. The van der Waals surface area contributed by atoms with Crippen molar-refractivity contribution in [3.8, 4) is 5.75 Å². The van der Waals surface area contributed by atoms with Gasteiger partial charge >= 0.3 is 0 Å². The van der Waals surface area contributed by atoms with Crippen molar-refractivity contribution in [1.29, 1.82) is 0 Å². The van der Waals surface area contributed by atoms with Gasteiger partial charge in [0.2, 0.25) is 0 Å². The molecule has 1 saturated heterocycles. The second-order valence-corrected chi connectivity index (χ2v) is 5.17. The number of halogens is 1. The lowest BCUT2D eigenvalue weighted by Crippen LogP contribution is -2.43. The van der Waals surface area contributed by atoms with Crippen LogP contribution >= 0.6 is 0 Å². The van der Waals surface area contributed by atoms with Gasteiger partial charge in [-0.1, -0.05) is 0 Å². The Bertz CT molecular complexity index is 451. The minimum absolute atomic E-state index is 0.320. The Hall–Kier alpha value is -1.13. The Morgan fingerprint density at radius 3 is 3.06 bits per heavy atom. The van der Waals surface area contributed by atoms with Crippen LogP contribution in [0.15, 0.2) is 18.2 Å². The molecule has 0 amide bonds. The number of likely N-dealkylation sites (tertiary alicyclic amines) is 1. The monoisotopic (exact) mass is 237 g/mol. The fraction of sp³-hybridized carbons (Fsp3) is 0.538. The van der Waals surface area contributed by atoms with E-state index in [0.717, 1.165) is 19.5 Å². The van der Waals surface area contributed by atoms with Gasteiger partial charge in [-0.05, 0) is 19.2 Å². The molecule has 1 spiro atoms. The van der Waals surface area contributed by atoms with Crippen molar-refractivity contribution in [3.63, 3.8) is 0 Å². The third kappa shape index (κ3) is 1.81. The van der Waals surface area contributed by atoms with Crippen molar-refractivity contribution in [1.82, 2.24) is 4.90 Å². The molecular formula is C13H16FNO2. The number of fused-ring (bicyclic) bond motifs is 1. The van der Waals surface area contributed by atoms with Crippen molar-refractivity contribution in [2.45, 2.75) is 24.5 Å². The zero-order valence-corrected chi connectivity index (χ0v) is 9.82. The largest absolute Gasteiger partial charge is 0.485 e. The highest BCUT2D eigenvalue weighted by molar-refractivity contribution is 5.39. The van der Waals surface area contributed by atoms with Crippen LogP contribution in [0, 0.1) is 5.82 Å². The van der Waals surface area contributed by atoms with Crippen LogP contribution in [0.2, 0.25) is 0 Å². The zero-order chi connectivity index (χ0) is 12.0. The number of likely N-dealkylation sites (N-methyl/N-ethyl adjacent to an activating group) is 1. The lowest BCUT2D eigenvalue weighted by Gasteiger charge is -2.38. The highest BCUT2D eigenvalue weighted by Crippen LogP contribution is 2.43. The van der Waals surface area contributed by atoms with Gasteiger partial charge in [-0.25, -0.2) is 4.39 Å². The fourth-order valence-corrected chi connectivity index (χ4v) is 2.90. The van der Waals surface area contributed by atoms with E-state index in [4.69, 9.17) is 4.74 Å². The molecule has 17 heavy (non-hydrogen) atoms. The minimum atomic E-state index is -0.550. The average Bonchev–Trinajstić information content (AvgIpc) is 2.58. The number of benzene rings is 1. The van der Waals surface area contributed by atoms with Crippen molar-refractivity contribution < 1.29 is 14.2 Å². The second kappa shape index (κ2) is 3.68. The molecule has 4 heteroatoms. The van der Waals surface area contributed by atoms with Gasteiger partial charge in [0, 0.05) is 37.6 Å². The van der Waals surface area contributed by atoms with Gasteiger partial charge in [0.1, 0.15) is 17.2 Å². The molecule has 0 aromatic heterocycles. The van der Waals surface area contributed by atoms with E-state index in [2.05, 4.69) is 4.90 Å². The lowest BCUT2D eigenvalue weighted by atomic mass is 9.88. The van der Waals surface area contributed by atoms with Crippen LogP contribution in [0.3, 0.4) is 0 Å². The molecule has 2 heterocycles. The zero-order valence-electron chi connectivity index (χ0n) is 9.82. The number of ether oxygens (including phenoxy) is 1. The van der Waals surface area contributed by atoms with Gasteiger partial charge < -0.3 is 14.7 Å². The van der Waals surface area contributed by atoms with E-state index in [9.17, 15) is 9.50 Å². The molecule has 2 unspecified atom stereocenters. The Balaban J connectivity index is 1.97. The first-order chi connectivity index (χ1) is 8.08. The summed E-state index contributed by atoms with van der Waals surface area (Å²) in [5, 5.41) is 10.1. The van der Waals surface area contributed by atoms with Gasteiger partial charge in [-0.15, -0.1) is 0 Å². The fourth-order valence-electron chi connectivity index (χ4n) is 2.90. The molecule has 0 saturated carbocycles. The molecule has 3 rings (SSSR count). The van der Waals surface area contributed by atoms with Crippen molar-refractivity contribution >= 4 is 0 Å². The first kappa shape index (κ1) is 11.0. The smallest absolute Gasteiger partial charge is 0.128 e. The van der Waals surface area contributed by atoms with Crippen molar-refractivity contribution in [2.24, 2.45) is 0 Å².